The summed E-state index contributed by atoms with van der Waals surface area (Å²) in [5.74, 6) is 0. The zero-order valence-electron chi connectivity index (χ0n) is 10.3. The molecule has 0 aromatic carbocycles. The van der Waals surface area contributed by atoms with E-state index in [2.05, 4.69) is 11.6 Å². The van der Waals surface area contributed by atoms with Crippen LogP contribution in [0.3, 0.4) is 0 Å². The quantitative estimate of drug-likeness (QED) is 0.703. The molecule has 0 bridgehead atoms. The first-order valence-corrected chi connectivity index (χ1v) is 5.91. The molecule has 0 aliphatic heterocycles. The Bertz CT molecular complexity index is 337. The van der Waals surface area contributed by atoms with Gasteiger partial charge in [-0.15, -0.1) is 6.58 Å². The Balaban J connectivity index is 2.79. The molecule has 1 aromatic rings. The van der Waals surface area contributed by atoms with Crippen molar-refractivity contribution < 1.29 is 5.11 Å². The van der Waals surface area contributed by atoms with Crippen molar-refractivity contribution in [3.63, 3.8) is 0 Å². The van der Waals surface area contributed by atoms with Crippen LogP contribution in [0.4, 0.5) is 5.69 Å². The Kier molecular flexibility index (Phi) is 5.66. The first kappa shape index (κ1) is 13.7. The lowest BCUT2D eigenvalue weighted by Gasteiger charge is -2.22. The van der Waals surface area contributed by atoms with Crippen molar-refractivity contribution in [1.29, 1.82) is 0 Å². The maximum absolute atomic E-state index is 8.99. The highest BCUT2D eigenvalue weighted by Crippen LogP contribution is 2.16. The molecular formula is C13H21N3O. The van der Waals surface area contributed by atoms with Crippen LogP contribution in [0.5, 0.6) is 0 Å². The molecule has 0 radical (unpaired) electrons. The second-order valence-corrected chi connectivity index (χ2v) is 3.91. The Hall–Kier alpha value is -1.39. The second-order valence-electron chi connectivity index (χ2n) is 3.91. The van der Waals surface area contributed by atoms with E-state index < -0.39 is 0 Å². The van der Waals surface area contributed by atoms with Crippen molar-refractivity contribution in [2.45, 2.75) is 19.4 Å². The Morgan fingerprint density at radius 2 is 2.35 bits per heavy atom. The molecule has 0 saturated carbocycles. The van der Waals surface area contributed by atoms with Gasteiger partial charge in [-0.1, -0.05) is 13.0 Å². The van der Waals surface area contributed by atoms with Crippen LogP contribution >= 0.6 is 0 Å². The van der Waals surface area contributed by atoms with E-state index in [0.29, 0.717) is 13.1 Å². The van der Waals surface area contributed by atoms with E-state index in [0.717, 1.165) is 17.8 Å². The largest absolute Gasteiger partial charge is 0.395 e. The van der Waals surface area contributed by atoms with E-state index in [1.807, 2.05) is 24.0 Å². The summed E-state index contributed by atoms with van der Waals surface area (Å²) < 4.78 is 0. The summed E-state index contributed by atoms with van der Waals surface area (Å²) in [7, 11) is 0. The minimum Gasteiger partial charge on any atom is -0.395 e. The van der Waals surface area contributed by atoms with E-state index in [9.17, 15) is 0 Å². The highest BCUT2D eigenvalue weighted by Gasteiger charge is 2.07. The predicted octanol–water partition coefficient (Wildman–Crippen LogP) is 1.48. The molecule has 94 valence electrons. The molecule has 17 heavy (non-hydrogen) atoms. The lowest BCUT2D eigenvalue weighted by molar-refractivity contribution is 0.303. The van der Waals surface area contributed by atoms with Crippen LogP contribution in [-0.2, 0) is 0 Å². The van der Waals surface area contributed by atoms with E-state index >= 15 is 0 Å². The Labute approximate surface area is 103 Å². The van der Waals surface area contributed by atoms with Gasteiger partial charge >= 0.3 is 0 Å². The fourth-order valence-electron chi connectivity index (χ4n) is 1.62. The minimum atomic E-state index is -0.00486. The van der Waals surface area contributed by atoms with Gasteiger partial charge in [-0.25, -0.2) is 0 Å². The molecule has 4 nitrogen and oxygen atoms in total. The maximum Gasteiger partial charge on any atom is 0.0606 e. The number of hydrogen-bond acceptors (Lipinski definition) is 4. The molecule has 0 aliphatic rings. The molecule has 3 N–H and O–H groups in total. The third-order valence-corrected chi connectivity index (χ3v) is 2.68. The van der Waals surface area contributed by atoms with Crippen LogP contribution in [0.15, 0.2) is 31.0 Å². The number of nitrogens with zero attached hydrogens (tertiary/aromatic N) is 2. The third kappa shape index (κ3) is 3.84. The second kappa shape index (κ2) is 7.04. The number of rotatable bonds is 7. The number of aliphatic hydroxyl groups is 1. The minimum absolute atomic E-state index is 0.00486. The fraction of sp³-hybridized carbons (Fsp3) is 0.462. The lowest BCUT2D eigenvalue weighted by atomic mass is 10.1. The van der Waals surface area contributed by atoms with Crippen LogP contribution in [0.25, 0.3) is 0 Å². The maximum atomic E-state index is 8.99. The molecule has 1 aromatic heterocycles. The summed E-state index contributed by atoms with van der Waals surface area (Å²) in [6.07, 6.45) is 4.48. The van der Waals surface area contributed by atoms with Gasteiger partial charge in [-0.05, 0) is 18.6 Å². The van der Waals surface area contributed by atoms with Crippen molar-refractivity contribution in [1.82, 2.24) is 4.98 Å². The van der Waals surface area contributed by atoms with Gasteiger partial charge in [0.05, 0.1) is 24.2 Å². The van der Waals surface area contributed by atoms with Crippen molar-refractivity contribution in [3.8, 4) is 0 Å². The van der Waals surface area contributed by atoms with Crippen LogP contribution in [0, 0.1) is 0 Å². The summed E-state index contributed by atoms with van der Waals surface area (Å²) >= 11 is 0. The molecule has 1 atom stereocenters. The molecule has 1 rings (SSSR count). The van der Waals surface area contributed by atoms with Gasteiger partial charge in [-0.2, -0.15) is 0 Å². The third-order valence-electron chi connectivity index (χ3n) is 2.68. The standard InChI is InChI=1S/C13H21N3O/c1-3-7-16(8-9-17)11-5-6-13(15-10-11)12(14)4-2/h3,5-6,10,12,17H,1,4,7-9,14H2,2H3/t12-/m1/s1. The molecular weight excluding hydrogens is 214 g/mol. The molecule has 1 heterocycles. The number of pyridine rings is 1. The van der Waals surface area contributed by atoms with Crippen LogP contribution in [0.2, 0.25) is 0 Å². The monoisotopic (exact) mass is 235 g/mol. The van der Waals surface area contributed by atoms with Gasteiger partial charge in [0.1, 0.15) is 0 Å². The lowest BCUT2D eigenvalue weighted by Crippen LogP contribution is -2.26. The Morgan fingerprint density at radius 1 is 1.59 bits per heavy atom. The van der Waals surface area contributed by atoms with Gasteiger partial charge in [-0.3, -0.25) is 4.98 Å². The fourth-order valence-corrected chi connectivity index (χ4v) is 1.62. The molecule has 0 unspecified atom stereocenters. The van der Waals surface area contributed by atoms with Gasteiger partial charge in [0, 0.05) is 19.1 Å². The highest BCUT2D eigenvalue weighted by molar-refractivity contribution is 5.45. The summed E-state index contributed by atoms with van der Waals surface area (Å²) in [6.45, 7) is 7.13. The molecule has 0 amide bonds. The zero-order chi connectivity index (χ0) is 12.7. The van der Waals surface area contributed by atoms with E-state index in [1.54, 1.807) is 12.3 Å². The van der Waals surface area contributed by atoms with Gasteiger partial charge in [0.25, 0.3) is 0 Å². The molecule has 0 fully saturated rings. The summed E-state index contributed by atoms with van der Waals surface area (Å²) in [5.41, 5.74) is 7.78. The average Bonchev–Trinajstić information content (AvgIpc) is 2.38. The smallest absolute Gasteiger partial charge is 0.0606 e. The topological polar surface area (TPSA) is 62.4 Å². The number of aromatic nitrogens is 1. The van der Waals surface area contributed by atoms with Gasteiger partial charge in [0.2, 0.25) is 0 Å². The zero-order valence-corrected chi connectivity index (χ0v) is 10.3. The number of aliphatic hydroxyl groups excluding tert-OH is 1. The van der Waals surface area contributed by atoms with Gasteiger partial charge < -0.3 is 15.7 Å². The first-order chi connectivity index (χ1) is 8.22. The van der Waals surface area contributed by atoms with Crippen LogP contribution in [-0.4, -0.2) is 29.8 Å². The predicted molar refractivity (Wildman–Crippen MR) is 71.0 cm³/mol. The molecule has 0 spiro atoms. The van der Waals surface area contributed by atoms with Gasteiger partial charge in [0.15, 0.2) is 0 Å². The van der Waals surface area contributed by atoms with Crippen molar-refractivity contribution in [2.75, 3.05) is 24.6 Å². The SMILES string of the molecule is C=CCN(CCO)c1ccc([C@H](N)CC)nc1. The van der Waals surface area contributed by atoms with E-state index in [4.69, 9.17) is 10.8 Å². The highest BCUT2D eigenvalue weighted by atomic mass is 16.3. The van der Waals surface area contributed by atoms with Crippen molar-refractivity contribution in [3.05, 3.63) is 36.7 Å². The number of nitrogens with two attached hydrogens (primary N) is 1. The van der Waals surface area contributed by atoms with Crippen molar-refractivity contribution >= 4 is 5.69 Å². The van der Waals surface area contributed by atoms with E-state index in [1.165, 1.54) is 0 Å². The number of anilines is 1. The molecule has 0 saturated heterocycles. The molecule has 0 aliphatic carbocycles. The molecule has 4 heteroatoms. The van der Waals surface area contributed by atoms with Crippen LogP contribution in [0.1, 0.15) is 25.1 Å². The number of hydrogen-bond donors (Lipinski definition) is 2. The average molecular weight is 235 g/mol. The normalized spacial score (nSPS) is 12.2. The van der Waals surface area contributed by atoms with E-state index in [-0.39, 0.29) is 12.6 Å². The van der Waals surface area contributed by atoms with Crippen LogP contribution < -0.4 is 10.6 Å². The first-order valence-electron chi connectivity index (χ1n) is 5.91. The summed E-state index contributed by atoms with van der Waals surface area (Å²) in [5, 5.41) is 8.99. The summed E-state index contributed by atoms with van der Waals surface area (Å²) in [6, 6.07) is 3.92. The summed E-state index contributed by atoms with van der Waals surface area (Å²) in [4.78, 5) is 6.37. The van der Waals surface area contributed by atoms with Crippen molar-refractivity contribution in [2.24, 2.45) is 5.73 Å². The Morgan fingerprint density at radius 3 is 2.82 bits per heavy atom.